The lowest BCUT2D eigenvalue weighted by Crippen LogP contribution is -2.63. The van der Waals surface area contributed by atoms with E-state index in [2.05, 4.69) is 59.5 Å². The molecular formula is C16H29N3Si. The van der Waals surface area contributed by atoms with Gasteiger partial charge in [-0.25, -0.2) is 0 Å². The molecule has 4 heteroatoms. The highest BCUT2D eigenvalue weighted by Gasteiger charge is 2.50. The molecule has 1 saturated carbocycles. The Kier molecular flexibility index (Phi) is 4.18. The Balaban J connectivity index is 1.81. The lowest BCUT2D eigenvalue weighted by Gasteiger charge is -2.45. The van der Waals surface area contributed by atoms with Gasteiger partial charge in [-0.05, 0) is 29.7 Å². The fraction of sp³-hybridized carbons (Fsp3) is 0.750. The van der Waals surface area contributed by atoms with Crippen LogP contribution in [0.1, 0.15) is 19.8 Å². The van der Waals surface area contributed by atoms with E-state index in [-0.39, 0.29) is 0 Å². The molecule has 0 amide bonds. The highest BCUT2D eigenvalue weighted by atomic mass is 28.3. The lowest BCUT2D eigenvalue weighted by molar-refractivity contribution is 0.283. The van der Waals surface area contributed by atoms with Gasteiger partial charge in [0.25, 0.3) is 0 Å². The van der Waals surface area contributed by atoms with Gasteiger partial charge in [0.1, 0.15) is 8.24 Å². The fourth-order valence-corrected chi connectivity index (χ4v) is 8.18. The molecule has 4 atom stereocenters. The van der Waals surface area contributed by atoms with Crippen molar-refractivity contribution in [2.75, 3.05) is 20.0 Å². The van der Waals surface area contributed by atoms with Crippen molar-refractivity contribution in [2.45, 2.75) is 38.4 Å². The van der Waals surface area contributed by atoms with Gasteiger partial charge in [-0.1, -0.05) is 50.7 Å². The second kappa shape index (κ2) is 5.76. The summed E-state index contributed by atoms with van der Waals surface area (Å²) in [6, 6.07) is 0. The predicted molar refractivity (Wildman–Crippen MR) is 87.6 cm³/mol. The van der Waals surface area contributed by atoms with E-state index in [1.54, 1.807) is 0 Å². The van der Waals surface area contributed by atoms with Crippen LogP contribution in [-0.4, -0.2) is 32.8 Å². The molecule has 1 saturated heterocycles. The normalized spacial score (nSPS) is 38.1. The van der Waals surface area contributed by atoms with Crippen molar-refractivity contribution in [1.29, 1.82) is 0 Å². The van der Waals surface area contributed by atoms with Gasteiger partial charge in [0.05, 0.1) is 0 Å². The quantitative estimate of drug-likeness (QED) is 0.783. The smallest absolute Gasteiger partial charge is 0.128 e. The summed E-state index contributed by atoms with van der Waals surface area (Å²) in [7, 11) is -1.41. The van der Waals surface area contributed by atoms with Crippen LogP contribution in [0.3, 0.4) is 0 Å². The second-order valence-electron chi connectivity index (χ2n) is 7.12. The zero-order valence-corrected chi connectivity index (χ0v) is 14.1. The predicted octanol–water partition coefficient (Wildman–Crippen LogP) is 2.72. The van der Waals surface area contributed by atoms with E-state index in [1.165, 1.54) is 12.8 Å². The van der Waals surface area contributed by atoms with E-state index in [1.807, 2.05) is 0 Å². The van der Waals surface area contributed by atoms with Gasteiger partial charge < -0.3 is 0 Å². The maximum absolute atomic E-state index is 3.48. The monoisotopic (exact) mass is 291 g/mol. The van der Waals surface area contributed by atoms with E-state index >= 15 is 0 Å². The summed E-state index contributed by atoms with van der Waals surface area (Å²) in [6.07, 6.45) is 12.3. The van der Waals surface area contributed by atoms with Crippen LogP contribution in [0.4, 0.5) is 0 Å². The zero-order chi connectivity index (χ0) is 14.2. The molecule has 0 spiro atoms. The number of fused-ring (bicyclic) bond motifs is 1. The third-order valence-electron chi connectivity index (χ3n) is 5.89. The average molecular weight is 292 g/mol. The van der Waals surface area contributed by atoms with Crippen LogP contribution in [0.25, 0.3) is 0 Å². The first-order valence-electron chi connectivity index (χ1n) is 8.16. The number of nitrogens with one attached hydrogen (secondary N) is 2. The zero-order valence-electron chi connectivity index (χ0n) is 13.1. The minimum atomic E-state index is -1.41. The Morgan fingerprint density at radius 1 is 1.10 bits per heavy atom. The van der Waals surface area contributed by atoms with E-state index in [4.69, 9.17) is 0 Å². The Hall–Kier alpha value is -0.423. The molecule has 2 aliphatic carbocycles. The first kappa shape index (κ1) is 14.5. The molecule has 20 heavy (non-hydrogen) atoms. The van der Waals surface area contributed by atoms with Gasteiger partial charge in [0.15, 0.2) is 0 Å². The van der Waals surface area contributed by atoms with Crippen molar-refractivity contribution < 1.29 is 0 Å². The molecule has 2 fully saturated rings. The molecule has 0 radical (unpaired) electrons. The Morgan fingerprint density at radius 2 is 1.75 bits per heavy atom. The highest BCUT2D eigenvalue weighted by molar-refractivity contribution is 6.76. The molecule has 3 nitrogen and oxygen atoms in total. The number of nitrogens with zero attached hydrogens (tertiary/aromatic N) is 1. The third-order valence-corrected chi connectivity index (χ3v) is 10.3. The molecule has 0 aromatic carbocycles. The molecule has 3 rings (SSSR count). The van der Waals surface area contributed by atoms with Gasteiger partial charge in [-0.2, -0.15) is 0 Å². The van der Waals surface area contributed by atoms with Crippen LogP contribution in [0, 0.1) is 17.8 Å². The SMILES string of the molecule is CC[C@H]1CC([Si](C)(C)N2CNCNC2)C2C=CC=CC21. The second-order valence-corrected chi connectivity index (χ2v) is 11.8. The molecule has 2 N–H and O–H groups in total. The van der Waals surface area contributed by atoms with Gasteiger partial charge in [-0.15, -0.1) is 0 Å². The van der Waals surface area contributed by atoms with E-state index in [9.17, 15) is 0 Å². The first-order chi connectivity index (χ1) is 9.64. The van der Waals surface area contributed by atoms with Gasteiger partial charge in [0, 0.05) is 20.0 Å². The molecule has 1 aliphatic heterocycles. The molecule has 0 bridgehead atoms. The summed E-state index contributed by atoms with van der Waals surface area (Å²) in [6.45, 7) is 10.6. The van der Waals surface area contributed by atoms with Crippen LogP contribution in [0.2, 0.25) is 18.6 Å². The molecule has 1 heterocycles. The van der Waals surface area contributed by atoms with Crippen molar-refractivity contribution in [3.63, 3.8) is 0 Å². The largest absolute Gasteiger partial charge is 0.299 e. The van der Waals surface area contributed by atoms with Crippen molar-refractivity contribution in [1.82, 2.24) is 15.2 Å². The molecule has 0 aromatic heterocycles. The van der Waals surface area contributed by atoms with Crippen molar-refractivity contribution >= 4 is 8.24 Å². The minimum absolute atomic E-state index is 0.786. The molecule has 3 unspecified atom stereocenters. The minimum Gasteiger partial charge on any atom is -0.299 e. The third kappa shape index (κ3) is 2.43. The van der Waals surface area contributed by atoms with E-state index < -0.39 is 8.24 Å². The number of rotatable bonds is 3. The number of hydrogen-bond acceptors (Lipinski definition) is 3. The highest BCUT2D eigenvalue weighted by Crippen LogP contribution is 2.53. The first-order valence-corrected chi connectivity index (χ1v) is 11.2. The average Bonchev–Trinajstić information content (AvgIpc) is 2.88. The Labute approximate surface area is 124 Å². The summed E-state index contributed by atoms with van der Waals surface area (Å²) in [5.41, 5.74) is 0.889. The molecule has 0 aromatic rings. The Morgan fingerprint density at radius 3 is 2.40 bits per heavy atom. The summed E-state index contributed by atoms with van der Waals surface area (Å²) in [5, 5.41) is 6.96. The summed E-state index contributed by atoms with van der Waals surface area (Å²) in [4.78, 5) is 0. The number of hydrogen-bond donors (Lipinski definition) is 2. The maximum atomic E-state index is 3.48. The van der Waals surface area contributed by atoms with Gasteiger partial charge in [-0.3, -0.25) is 15.2 Å². The van der Waals surface area contributed by atoms with Crippen molar-refractivity contribution in [3.8, 4) is 0 Å². The van der Waals surface area contributed by atoms with Crippen molar-refractivity contribution in [3.05, 3.63) is 24.3 Å². The Bertz CT molecular complexity index is 399. The van der Waals surface area contributed by atoms with Crippen LogP contribution in [0.15, 0.2) is 24.3 Å². The van der Waals surface area contributed by atoms with Crippen LogP contribution in [-0.2, 0) is 0 Å². The standard InChI is InChI=1S/C16H29N3Si/c1-4-13-9-16(15-8-6-5-7-14(13)15)20(2,3)19-11-17-10-18-12-19/h5-8,13-18H,4,9-12H2,1-3H3/t13-,14?,15?,16?/m0/s1. The van der Waals surface area contributed by atoms with E-state index in [0.29, 0.717) is 0 Å². The van der Waals surface area contributed by atoms with Crippen LogP contribution in [0.5, 0.6) is 0 Å². The summed E-state index contributed by atoms with van der Waals surface area (Å²) >= 11 is 0. The lowest BCUT2D eigenvalue weighted by atomic mass is 9.85. The maximum Gasteiger partial charge on any atom is 0.128 e. The molecule has 112 valence electrons. The number of allylic oxidation sites excluding steroid dienone is 4. The van der Waals surface area contributed by atoms with Gasteiger partial charge >= 0.3 is 0 Å². The van der Waals surface area contributed by atoms with Crippen molar-refractivity contribution in [2.24, 2.45) is 17.8 Å². The fourth-order valence-electron chi connectivity index (χ4n) is 4.52. The molecular weight excluding hydrogens is 262 g/mol. The summed E-state index contributed by atoms with van der Waals surface area (Å²) < 4.78 is 2.71. The van der Waals surface area contributed by atoms with Crippen LogP contribution >= 0.6 is 0 Å². The van der Waals surface area contributed by atoms with E-state index in [0.717, 1.165) is 43.3 Å². The van der Waals surface area contributed by atoms with Crippen LogP contribution < -0.4 is 10.6 Å². The summed E-state index contributed by atoms with van der Waals surface area (Å²) in [5.74, 6) is 2.48. The topological polar surface area (TPSA) is 27.3 Å². The molecule has 3 aliphatic rings. The van der Waals surface area contributed by atoms with Gasteiger partial charge in [0.2, 0.25) is 0 Å².